The highest BCUT2D eigenvalue weighted by Gasteiger charge is 2.44. The molecule has 9 unspecified atom stereocenters. The Hall–Kier alpha value is -5.53. The normalized spacial score (nSPS) is 30.8. The second-order valence-corrected chi connectivity index (χ2v) is 22.7. The molecule has 0 radical (unpaired) electrons. The van der Waals surface area contributed by atoms with Gasteiger partial charge in [-0.15, -0.1) is 0 Å². The lowest BCUT2D eigenvalue weighted by Crippen LogP contribution is -2.62. The van der Waals surface area contributed by atoms with E-state index < -0.39 is 101 Å². The minimum atomic E-state index is -1.47. The Morgan fingerprint density at radius 2 is 1.68 bits per heavy atom. The van der Waals surface area contributed by atoms with Gasteiger partial charge in [-0.1, -0.05) is 97.1 Å². The number of phenolic OH excluding ortho intramolecular Hbond substituents is 1. The van der Waals surface area contributed by atoms with Crippen molar-refractivity contribution in [3.8, 4) is 5.75 Å². The number of cyclic esters (lactones) is 1. The number of amides is 4. The van der Waals surface area contributed by atoms with Gasteiger partial charge in [0.15, 0.2) is 5.72 Å². The Labute approximate surface area is 461 Å². The summed E-state index contributed by atoms with van der Waals surface area (Å²) in [5.74, 6) is -7.31. The number of allylic oxidation sites excluding steroid dienone is 6. The van der Waals surface area contributed by atoms with Gasteiger partial charge in [0, 0.05) is 49.6 Å². The maximum Gasteiger partial charge on any atom is 0.325 e. The molecular weight excluding hydrogens is 1000 g/mol. The van der Waals surface area contributed by atoms with E-state index in [1.54, 1.807) is 39.0 Å². The number of hydrazine groups is 1. The standard InChI is InChI=1S/C60H90FN5O12/c1-11-44-30-40(8)60(77,64-55(44)72)39(7)29-36(4)24-27-50(69)37(5)19-14-12-15-20-38(6)52-23-17-13-16-22-51(70)42(10)54(71)47(26-25-41(9)67)56(73)63-53(35(2)3)57(74)62-49(33-43-31-45(61)34-46(68)32-43)58(75)66-28-18-21-48(65-66)59(76)78-52/h12-13,15-17,20,22,29,31-32,34-37,40,42,44,47-54,65,68-71,77H,11,14,18-19,21,23-28,30,33H2,1-10H3,(H,62,74)(H,63,73)(H,64,72)/b15-12+,17-13+,22-16+,38-20+,39-29-/t36?,37?,40-,42?,44-,47?,48?,49?,50?,51-,52-,53?,54?,60-/m0/s1. The molecule has 0 spiro atoms. The van der Waals surface area contributed by atoms with Crippen LogP contribution in [0.1, 0.15) is 145 Å². The number of fused-ring (bicyclic) bond motifs is 2. The number of hydrogen-bond acceptors (Lipinski definition) is 13. The highest BCUT2D eigenvalue weighted by atomic mass is 19.1. The molecule has 3 heterocycles. The molecule has 0 aliphatic carbocycles. The van der Waals surface area contributed by atoms with Crippen molar-refractivity contribution in [2.45, 2.75) is 195 Å². The molecule has 3 aliphatic heterocycles. The number of phenols is 1. The number of nitrogens with zero attached hydrogens (tertiary/aromatic N) is 1. The molecule has 1 aromatic rings. The minimum Gasteiger partial charge on any atom is -0.508 e. The highest BCUT2D eigenvalue weighted by Crippen LogP contribution is 2.35. The molecule has 3 aliphatic rings. The van der Waals surface area contributed by atoms with Crippen molar-refractivity contribution in [2.24, 2.45) is 41.4 Å². The number of esters is 1. The summed E-state index contributed by atoms with van der Waals surface area (Å²) in [6, 6.07) is -0.377. The van der Waals surface area contributed by atoms with E-state index in [0.29, 0.717) is 56.1 Å². The maximum absolute atomic E-state index is 14.6. The number of halogens is 1. The Morgan fingerprint density at radius 3 is 2.35 bits per heavy atom. The van der Waals surface area contributed by atoms with E-state index in [1.165, 1.54) is 24.1 Å². The van der Waals surface area contributed by atoms with Crippen LogP contribution in [0.3, 0.4) is 0 Å². The van der Waals surface area contributed by atoms with Gasteiger partial charge in [0.2, 0.25) is 17.7 Å². The number of aliphatic hydroxyl groups is 4. The van der Waals surface area contributed by atoms with Crippen molar-refractivity contribution in [2.75, 3.05) is 6.54 Å². The summed E-state index contributed by atoms with van der Waals surface area (Å²) in [4.78, 5) is 81.5. The van der Waals surface area contributed by atoms with Crippen LogP contribution in [-0.4, -0.2) is 121 Å². The van der Waals surface area contributed by atoms with E-state index in [2.05, 4.69) is 21.4 Å². The number of aromatic hydroxyl groups is 1. The SMILES string of the molecule is CC[C@H]1C[C@H](C)[C@@](O)(/C(C)=C\C(C)CCC(O)C(C)CC/C=C/C=C(\C)[C@@H]2C/C=C/C=C/[C@H](O)C(C)C(O)C(CCC(C)=O)C(=O)NC(C(C)C)C(=O)NC(Cc3cc(O)cc(F)c3)C(=O)N3CCCC(N3)C(=O)O2)NC1=O. The average Bonchev–Trinajstić information content (AvgIpc) is 3.38. The fourth-order valence-electron chi connectivity index (χ4n) is 10.4. The number of ether oxygens (including phenoxy) is 1. The van der Waals surface area contributed by atoms with E-state index >= 15 is 0 Å². The number of nitrogens with one attached hydrogen (secondary N) is 4. The van der Waals surface area contributed by atoms with Crippen molar-refractivity contribution >= 4 is 35.4 Å². The summed E-state index contributed by atoms with van der Waals surface area (Å²) in [5.41, 5.74) is 3.16. The Balaban J connectivity index is 1.54. The number of carbonyl (C=O) groups excluding carboxylic acids is 6. The molecule has 4 amide bonds. The first kappa shape index (κ1) is 65.0. The van der Waals surface area contributed by atoms with Gasteiger partial charge in [0.05, 0.1) is 24.2 Å². The molecule has 1 aromatic carbocycles. The number of hydrogen-bond donors (Lipinski definition) is 9. The molecule has 2 saturated heterocycles. The van der Waals surface area contributed by atoms with Crippen LogP contribution in [-0.2, 0) is 39.9 Å². The molecule has 0 saturated carbocycles. The average molecular weight is 1090 g/mol. The van der Waals surface area contributed by atoms with Gasteiger partial charge in [0.25, 0.3) is 5.91 Å². The summed E-state index contributed by atoms with van der Waals surface area (Å²) < 4.78 is 20.7. The van der Waals surface area contributed by atoms with Gasteiger partial charge in [0.1, 0.15) is 41.6 Å². The van der Waals surface area contributed by atoms with E-state index in [1.807, 2.05) is 65.8 Å². The second kappa shape index (κ2) is 30.7. The van der Waals surface area contributed by atoms with Gasteiger partial charge in [-0.3, -0.25) is 29.0 Å². The van der Waals surface area contributed by atoms with Gasteiger partial charge in [-0.05, 0) is 125 Å². The predicted molar refractivity (Wildman–Crippen MR) is 296 cm³/mol. The fraction of sp³-hybridized carbons (Fsp3) is 0.633. The molecule has 18 heteroatoms. The van der Waals surface area contributed by atoms with E-state index in [9.17, 15) is 58.7 Å². The number of benzene rings is 1. The summed E-state index contributed by atoms with van der Waals surface area (Å²) in [6.07, 6.45) is 14.4. The molecule has 2 bridgehead atoms. The molecule has 2 fully saturated rings. The first-order valence-electron chi connectivity index (χ1n) is 28.1. The minimum absolute atomic E-state index is 0.0152. The van der Waals surface area contributed by atoms with Crippen LogP contribution in [0.25, 0.3) is 0 Å². The third-order valence-corrected chi connectivity index (χ3v) is 15.8. The topological polar surface area (TPSA) is 264 Å². The molecule has 78 heavy (non-hydrogen) atoms. The lowest BCUT2D eigenvalue weighted by Gasteiger charge is -2.42. The first-order chi connectivity index (χ1) is 36.7. The van der Waals surface area contributed by atoms with Crippen LogP contribution in [0.15, 0.2) is 78.0 Å². The lowest BCUT2D eigenvalue weighted by atomic mass is 9.77. The Morgan fingerprint density at radius 1 is 0.962 bits per heavy atom. The van der Waals surface area contributed by atoms with Crippen LogP contribution in [0, 0.1) is 47.2 Å². The number of rotatable bonds is 18. The zero-order valence-corrected chi connectivity index (χ0v) is 47.5. The molecule has 4 rings (SSSR count). The summed E-state index contributed by atoms with van der Waals surface area (Å²) in [7, 11) is 0. The smallest absolute Gasteiger partial charge is 0.325 e. The Kier molecular flexibility index (Phi) is 25.6. The zero-order chi connectivity index (χ0) is 58.0. The number of piperidine rings is 1. The summed E-state index contributed by atoms with van der Waals surface area (Å²) in [5, 5.41) is 65.1. The number of ketones is 1. The van der Waals surface area contributed by atoms with E-state index in [4.69, 9.17) is 4.74 Å². The van der Waals surface area contributed by atoms with Crippen molar-refractivity contribution in [1.82, 2.24) is 26.4 Å². The van der Waals surface area contributed by atoms with Crippen LogP contribution >= 0.6 is 0 Å². The van der Waals surface area contributed by atoms with Crippen LogP contribution in [0.2, 0.25) is 0 Å². The van der Waals surface area contributed by atoms with Crippen LogP contribution in [0.5, 0.6) is 5.75 Å². The molecular formula is C60H90FN5O12. The summed E-state index contributed by atoms with van der Waals surface area (Å²) in [6.45, 7) is 18.0. The fourth-order valence-corrected chi connectivity index (χ4v) is 10.4. The summed E-state index contributed by atoms with van der Waals surface area (Å²) >= 11 is 0. The van der Waals surface area contributed by atoms with Crippen molar-refractivity contribution in [3.05, 3.63) is 89.3 Å². The molecule has 14 atom stereocenters. The van der Waals surface area contributed by atoms with E-state index in [-0.39, 0.29) is 73.2 Å². The largest absolute Gasteiger partial charge is 0.508 e. The second-order valence-electron chi connectivity index (χ2n) is 22.7. The van der Waals surface area contributed by atoms with Gasteiger partial charge in [-0.2, -0.15) is 0 Å². The highest BCUT2D eigenvalue weighted by molar-refractivity contribution is 5.93. The quantitative estimate of drug-likeness (QED) is 0.0434. The monoisotopic (exact) mass is 1090 g/mol. The van der Waals surface area contributed by atoms with E-state index in [0.717, 1.165) is 18.6 Å². The van der Waals surface area contributed by atoms with Crippen LogP contribution < -0.4 is 21.4 Å². The Bertz CT molecular complexity index is 2350. The third-order valence-electron chi connectivity index (χ3n) is 15.8. The van der Waals surface area contributed by atoms with Crippen molar-refractivity contribution < 1.29 is 63.4 Å². The van der Waals surface area contributed by atoms with Gasteiger partial charge in [-0.25, -0.2) is 9.82 Å². The predicted octanol–water partition coefficient (Wildman–Crippen LogP) is 6.48. The maximum atomic E-state index is 14.6. The van der Waals surface area contributed by atoms with Crippen molar-refractivity contribution in [1.29, 1.82) is 0 Å². The molecule has 17 nitrogen and oxygen atoms in total. The zero-order valence-electron chi connectivity index (χ0n) is 47.5. The lowest BCUT2D eigenvalue weighted by molar-refractivity contribution is -0.156. The molecule has 9 N–H and O–H groups in total. The first-order valence-corrected chi connectivity index (χ1v) is 28.1. The number of aliphatic hydroxyl groups excluding tert-OH is 3. The molecule has 0 aromatic heterocycles. The third kappa shape index (κ3) is 19.1. The van der Waals surface area contributed by atoms with Gasteiger partial charge >= 0.3 is 5.97 Å². The van der Waals surface area contributed by atoms with Gasteiger partial charge < -0.3 is 51.0 Å². The van der Waals surface area contributed by atoms with Crippen LogP contribution in [0.4, 0.5) is 4.39 Å². The molecule has 434 valence electrons. The number of Topliss-reactive ketones (excluding diaryl/α,β-unsaturated/α-hetero) is 1. The number of carbonyl (C=O) groups is 6. The van der Waals surface area contributed by atoms with Crippen molar-refractivity contribution in [3.63, 3.8) is 0 Å².